The average molecular weight is 389 g/mol. The van der Waals surface area contributed by atoms with Crippen molar-refractivity contribution in [1.82, 2.24) is 14.0 Å². The number of urea groups is 1. The minimum atomic E-state index is -0.104. The topological polar surface area (TPSA) is 68.5 Å². The summed E-state index contributed by atoms with van der Waals surface area (Å²) < 4.78 is 9.37. The molecule has 28 heavy (non-hydrogen) atoms. The van der Waals surface area contributed by atoms with Gasteiger partial charge in [0.2, 0.25) is 0 Å². The van der Waals surface area contributed by atoms with E-state index >= 15 is 0 Å². The van der Waals surface area contributed by atoms with E-state index in [0.29, 0.717) is 19.6 Å². The van der Waals surface area contributed by atoms with E-state index in [1.807, 2.05) is 37.8 Å². The molecule has 1 aromatic heterocycles. The van der Waals surface area contributed by atoms with Crippen LogP contribution in [0.25, 0.3) is 11.0 Å². The summed E-state index contributed by atoms with van der Waals surface area (Å²) in [5.41, 5.74) is 3.47. The maximum absolute atomic E-state index is 12.8. The second-order valence-corrected chi connectivity index (χ2v) is 7.44. The molecule has 1 atom stereocenters. The number of hydrogen-bond acceptors (Lipinski definition) is 3. The minimum absolute atomic E-state index is 0.00479. The first-order valence-electron chi connectivity index (χ1n) is 10.4. The molecule has 154 valence electrons. The molecule has 1 aliphatic heterocycles. The van der Waals surface area contributed by atoms with Gasteiger partial charge in [-0.05, 0) is 57.7 Å². The van der Waals surface area contributed by atoms with E-state index in [1.54, 1.807) is 9.13 Å². The number of piperidine rings is 1. The number of likely N-dealkylation sites (tertiary alicyclic amines) is 1. The lowest BCUT2D eigenvalue weighted by molar-refractivity contribution is 0.0115. The van der Waals surface area contributed by atoms with E-state index in [-0.39, 0.29) is 17.8 Å². The third-order valence-electron chi connectivity index (χ3n) is 5.46. The van der Waals surface area contributed by atoms with Crippen LogP contribution in [-0.4, -0.2) is 45.9 Å². The highest BCUT2D eigenvalue weighted by atomic mass is 16.5. The summed E-state index contributed by atoms with van der Waals surface area (Å²) in [5.74, 6) is 0. The predicted molar refractivity (Wildman–Crippen MR) is 112 cm³/mol. The van der Waals surface area contributed by atoms with E-state index in [1.165, 1.54) is 0 Å². The largest absolute Gasteiger partial charge is 0.376 e. The van der Waals surface area contributed by atoms with E-state index in [2.05, 4.69) is 12.2 Å². The van der Waals surface area contributed by atoms with Crippen LogP contribution in [0.3, 0.4) is 0 Å². The van der Waals surface area contributed by atoms with Gasteiger partial charge in [-0.2, -0.15) is 0 Å². The van der Waals surface area contributed by atoms with Crippen LogP contribution >= 0.6 is 0 Å². The monoisotopic (exact) mass is 388 g/mol. The van der Waals surface area contributed by atoms with Gasteiger partial charge < -0.3 is 15.0 Å². The zero-order valence-corrected chi connectivity index (χ0v) is 17.5. The Balaban J connectivity index is 1.83. The lowest BCUT2D eigenvalue weighted by Gasteiger charge is -2.32. The van der Waals surface area contributed by atoms with Crippen molar-refractivity contribution in [3.05, 3.63) is 28.2 Å². The molecule has 2 amide bonds. The Hall–Kier alpha value is -2.28. The molecule has 7 heteroatoms. The predicted octanol–water partition coefficient (Wildman–Crippen LogP) is 3.57. The first kappa shape index (κ1) is 20.5. The molecule has 1 saturated heterocycles. The molecule has 1 unspecified atom stereocenters. The number of aromatic nitrogens is 2. The number of amides is 2. The summed E-state index contributed by atoms with van der Waals surface area (Å²) in [6.07, 6.45) is 3.06. The number of nitrogens with zero attached hydrogens (tertiary/aromatic N) is 3. The summed E-state index contributed by atoms with van der Waals surface area (Å²) in [7, 11) is 0. The van der Waals surface area contributed by atoms with Gasteiger partial charge in [-0.3, -0.25) is 9.13 Å². The number of carbonyl (C=O) groups excluding carboxylic acids is 1. The number of carbonyl (C=O) groups is 1. The van der Waals surface area contributed by atoms with Gasteiger partial charge in [0.15, 0.2) is 0 Å². The van der Waals surface area contributed by atoms with Crippen LogP contribution in [0.4, 0.5) is 10.5 Å². The molecule has 0 saturated carbocycles. The van der Waals surface area contributed by atoms with Crippen LogP contribution in [0.1, 0.15) is 45.6 Å². The molecule has 1 N–H and O–H groups in total. The van der Waals surface area contributed by atoms with Crippen LogP contribution in [0.2, 0.25) is 0 Å². The Morgan fingerprint density at radius 1 is 1.18 bits per heavy atom. The lowest BCUT2D eigenvalue weighted by atomic mass is 10.1. The fourth-order valence-electron chi connectivity index (χ4n) is 3.95. The smallest absolute Gasteiger partial charge is 0.329 e. The van der Waals surface area contributed by atoms with Crippen LogP contribution in [0, 0.1) is 6.92 Å². The summed E-state index contributed by atoms with van der Waals surface area (Å²) in [5, 5.41) is 3.05. The zero-order valence-electron chi connectivity index (χ0n) is 17.5. The molecule has 0 bridgehead atoms. The summed E-state index contributed by atoms with van der Waals surface area (Å²) >= 11 is 0. The fourth-order valence-corrected chi connectivity index (χ4v) is 3.95. The molecule has 2 aromatic rings. The summed E-state index contributed by atoms with van der Waals surface area (Å²) in [4.78, 5) is 27.3. The van der Waals surface area contributed by atoms with Crippen molar-refractivity contribution in [2.24, 2.45) is 0 Å². The van der Waals surface area contributed by atoms with Crippen molar-refractivity contribution in [3.8, 4) is 0 Å². The van der Waals surface area contributed by atoms with Crippen molar-refractivity contribution >= 4 is 22.8 Å². The first-order valence-corrected chi connectivity index (χ1v) is 10.4. The lowest BCUT2D eigenvalue weighted by Crippen LogP contribution is -2.45. The maximum Gasteiger partial charge on any atom is 0.329 e. The van der Waals surface area contributed by atoms with Gasteiger partial charge in [-0.25, -0.2) is 9.59 Å². The first-order chi connectivity index (χ1) is 13.5. The Labute approximate surface area is 166 Å². The highest BCUT2D eigenvalue weighted by Gasteiger charge is 2.24. The van der Waals surface area contributed by atoms with Crippen LogP contribution in [0.15, 0.2) is 16.9 Å². The van der Waals surface area contributed by atoms with Crippen molar-refractivity contribution < 1.29 is 9.53 Å². The second-order valence-electron chi connectivity index (χ2n) is 7.44. The van der Waals surface area contributed by atoms with Crippen LogP contribution in [0.5, 0.6) is 0 Å². The molecule has 1 fully saturated rings. The number of imidazole rings is 1. The molecular formula is C21H32N4O3. The van der Waals surface area contributed by atoms with E-state index in [9.17, 15) is 9.59 Å². The number of ether oxygens (including phenoxy) is 1. The molecular weight excluding hydrogens is 356 g/mol. The Morgan fingerprint density at radius 2 is 1.86 bits per heavy atom. The van der Waals surface area contributed by atoms with Gasteiger partial charge in [0, 0.05) is 38.5 Å². The number of rotatable bonds is 6. The van der Waals surface area contributed by atoms with E-state index < -0.39 is 0 Å². The maximum atomic E-state index is 12.8. The van der Waals surface area contributed by atoms with Crippen molar-refractivity contribution in [3.63, 3.8) is 0 Å². The molecule has 3 rings (SSSR count). The molecule has 7 nitrogen and oxygen atoms in total. The SMILES string of the molecule is CCCOC1CCCN(C(=O)Nc2cc3c(cc2C)n(CC)c(=O)n3CC)C1. The van der Waals surface area contributed by atoms with Gasteiger partial charge in [0.25, 0.3) is 0 Å². The fraction of sp³-hybridized carbons (Fsp3) is 0.619. The van der Waals surface area contributed by atoms with Crippen molar-refractivity contribution in [2.75, 3.05) is 25.0 Å². The number of nitrogens with one attached hydrogen (secondary N) is 1. The van der Waals surface area contributed by atoms with Gasteiger partial charge in [-0.1, -0.05) is 6.92 Å². The van der Waals surface area contributed by atoms with Crippen LogP contribution < -0.4 is 11.0 Å². The van der Waals surface area contributed by atoms with Gasteiger partial charge in [0.1, 0.15) is 0 Å². The Morgan fingerprint density at radius 3 is 2.50 bits per heavy atom. The highest BCUT2D eigenvalue weighted by molar-refractivity contribution is 5.93. The normalized spacial score (nSPS) is 17.3. The molecule has 0 spiro atoms. The number of fused-ring (bicyclic) bond motifs is 1. The molecule has 2 heterocycles. The van der Waals surface area contributed by atoms with E-state index in [0.717, 1.165) is 54.7 Å². The molecule has 1 aliphatic rings. The standard InChI is InChI=1S/C21H32N4O3/c1-5-11-28-16-9-8-10-23(14-16)20(26)22-17-13-19-18(12-15(17)4)24(6-2)21(27)25(19)7-3/h12-13,16H,5-11,14H2,1-4H3,(H,22,26). The highest BCUT2D eigenvalue weighted by Crippen LogP contribution is 2.24. The van der Waals surface area contributed by atoms with Gasteiger partial charge in [-0.15, -0.1) is 0 Å². The number of hydrogen-bond donors (Lipinski definition) is 1. The van der Waals surface area contributed by atoms with Gasteiger partial charge >= 0.3 is 11.7 Å². The Bertz CT molecular complexity index is 899. The second kappa shape index (κ2) is 8.82. The van der Waals surface area contributed by atoms with Gasteiger partial charge in [0.05, 0.1) is 17.1 Å². The minimum Gasteiger partial charge on any atom is -0.376 e. The third kappa shape index (κ3) is 3.94. The van der Waals surface area contributed by atoms with Crippen LogP contribution in [-0.2, 0) is 17.8 Å². The third-order valence-corrected chi connectivity index (χ3v) is 5.46. The Kier molecular flexibility index (Phi) is 6.44. The van der Waals surface area contributed by atoms with Crippen molar-refractivity contribution in [1.29, 1.82) is 0 Å². The summed E-state index contributed by atoms with van der Waals surface area (Å²) in [6, 6.07) is 3.81. The summed E-state index contributed by atoms with van der Waals surface area (Å²) in [6.45, 7) is 11.3. The number of anilines is 1. The number of aryl methyl sites for hydroxylation is 3. The zero-order chi connectivity index (χ0) is 20.3. The van der Waals surface area contributed by atoms with Crippen molar-refractivity contribution in [2.45, 2.75) is 66.2 Å². The molecule has 0 radical (unpaired) electrons. The molecule has 1 aromatic carbocycles. The average Bonchev–Trinajstić information content (AvgIpc) is 2.96. The quantitative estimate of drug-likeness (QED) is 0.822. The molecule has 0 aliphatic carbocycles. The number of benzene rings is 1. The van der Waals surface area contributed by atoms with E-state index in [4.69, 9.17) is 4.74 Å².